The maximum absolute atomic E-state index is 6.51. The van der Waals surface area contributed by atoms with Crippen LogP contribution in [0, 0.1) is 0 Å². The SMILES string of the molecule is c1ccc2c(c1)oc1ccc(-c3nc(-c4ccc5oc6cc(-n7c8ccccc8c8ccccc87)ccc6c5c4)nc4c3oc3ccccc34)cc12. The van der Waals surface area contributed by atoms with Crippen LogP contribution >= 0.6 is 0 Å². The number of rotatable bonds is 3. The Balaban J connectivity index is 1.05. The quantitative estimate of drug-likeness (QED) is 0.188. The van der Waals surface area contributed by atoms with Gasteiger partial charge in [-0.2, -0.15) is 0 Å². The number of furan rings is 3. The highest BCUT2D eigenvalue weighted by molar-refractivity contribution is 6.12. The minimum atomic E-state index is 0.615. The van der Waals surface area contributed by atoms with Crippen molar-refractivity contribution in [3.8, 4) is 28.3 Å². The summed E-state index contributed by atoms with van der Waals surface area (Å²) in [7, 11) is 0. The van der Waals surface area contributed by atoms with Crippen LogP contribution in [0.25, 0.3) is 116 Å². The van der Waals surface area contributed by atoms with Gasteiger partial charge in [0.05, 0.1) is 11.0 Å². The lowest BCUT2D eigenvalue weighted by Gasteiger charge is -2.08. The predicted molar refractivity (Wildman–Crippen MR) is 209 cm³/mol. The number of benzene rings is 7. The predicted octanol–water partition coefficient (Wildman–Crippen LogP) is 12.6. The summed E-state index contributed by atoms with van der Waals surface area (Å²) < 4.78 is 21.4. The highest BCUT2D eigenvalue weighted by Crippen LogP contribution is 2.40. The molecule has 0 fully saturated rings. The second kappa shape index (κ2) is 10.2. The summed E-state index contributed by atoms with van der Waals surface area (Å²) >= 11 is 0. The molecule has 0 aliphatic heterocycles. The summed E-state index contributed by atoms with van der Waals surface area (Å²) in [6.07, 6.45) is 0. The van der Waals surface area contributed by atoms with Crippen LogP contribution in [0.3, 0.4) is 0 Å². The summed E-state index contributed by atoms with van der Waals surface area (Å²) in [5.41, 5.74) is 11.5. The Morgan fingerprint density at radius 3 is 1.69 bits per heavy atom. The maximum atomic E-state index is 6.51. The van der Waals surface area contributed by atoms with Crippen molar-refractivity contribution < 1.29 is 13.3 Å². The average molecular weight is 668 g/mol. The molecule has 0 saturated heterocycles. The van der Waals surface area contributed by atoms with Gasteiger partial charge in [0.25, 0.3) is 0 Å². The van der Waals surface area contributed by atoms with Gasteiger partial charge in [-0.05, 0) is 78.9 Å². The smallest absolute Gasteiger partial charge is 0.180 e. The number of hydrogen-bond acceptors (Lipinski definition) is 5. The highest BCUT2D eigenvalue weighted by Gasteiger charge is 2.21. The van der Waals surface area contributed by atoms with Crippen molar-refractivity contribution in [1.29, 1.82) is 0 Å². The van der Waals surface area contributed by atoms with Gasteiger partial charge in [-0.15, -0.1) is 0 Å². The van der Waals surface area contributed by atoms with Crippen LogP contribution in [0.4, 0.5) is 0 Å². The van der Waals surface area contributed by atoms with Crippen molar-refractivity contribution in [2.24, 2.45) is 0 Å². The molecular weight excluding hydrogens is 643 g/mol. The van der Waals surface area contributed by atoms with Crippen LogP contribution < -0.4 is 0 Å². The van der Waals surface area contributed by atoms with E-state index in [0.29, 0.717) is 11.4 Å². The molecule has 5 heterocycles. The van der Waals surface area contributed by atoms with Gasteiger partial charge >= 0.3 is 0 Å². The Kier molecular flexibility index (Phi) is 5.41. The molecule has 7 aromatic carbocycles. The van der Waals surface area contributed by atoms with E-state index < -0.39 is 0 Å². The highest BCUT2D eigenvalue weighted by atomic mass is 16.3. The molecule has 12 aromatic rings. The Morgan fingerprint density at radius 2 is 0.942 bits per heavy atom. The Hall–Kier alpha value is -7.18. The summed E-state index contributed by atoms with van der Waals surface area (Å²) in [5, 5.41) is 7.55. The molecular formula is C46H25N3O3. The van der Waals surface area contributed by atoms with Crippen LogP contribution in [0.2, 0.25) is 0 Å². The minimum absolute atomic E-state index is 0.615. The molecule has 0 unspecified atom stereocenters. The fraction of sp³-hybridized carbons (Fsp3) is 0. The van der Waals surface area contributed by atoms with Crippen molar-refractivity contribution >= 4 is 87.8 Å². The first-order valence-corrected chi connectivity index (χ1v) is 17.3. The van der Waals surface area contributed by atoms with Crippen LogP contribution in [0.15, 0.2) is 165 Å². The Labute approximate surface area is 294 Å². The molecule has 6 heteroatoms. The number of aromatic nitrogens is 3. The van der Waals surface area contributed by atoms with E-state index in [-0.39, 0.29) is 0 Å². The van der Waals surface area contributed by atoms with Crippen molar-refractivity contribution in [1.82, 2.24) is 14.5 Å². The molecule has 242 valence electrons. The van der Waals surface area contributed by atoms with Crippen molar-refractivity contribution in [2.45, 2.75) is 0 Å². The van der Waals surface area contributed by atoms with Gasteiger partial charge < -0.3 is 17.8 Å². The van der Waals surface area contributed by atoms with Crippen molar-refractivity contribution in [3.63, 3.8) is 0 Å². The molecule has 0 bridgehead atoms. The molecule has 0 atom stereocenters. The largest absolute Gasteiger partial charge is 0.456 e. The third kappa shape index (κ3) is 3.83. The third-order valence-electron chi connectivity index (χ3n) is 10.4. The lowest BCUT2D eigenvalue weighted by Crippen LogP contribution is -1.94. The first kappa shape index (κ1) is 27.6. The van der Waals surface area contributed by atoms with Crippen LogP contribution in [-0.2, 0) is 0 Å². The molecule has 0 spiro atoms. The van der Waals surface area contributed by atoms with Gasteiger partial charge in [0.1, 0.15) is 39.1 Å². The number of hydrogen-bond donors (Lipinski definition) is 0. The van der Waals surface area contributed by atoms with Gasteiger partial charge in [0.15, 0.2) is 11.4 Å². The molecule has 52 heavy (non-hydrogen) atoms. The Morgan fingerprint density at radius 1 is 0.385 bits per heavy atom. The van der Waals surface area contributed by atoms with Crippen molar-refractivity contribution in [2.75, 3.05) is 0 Å². The Bertz CT molecular complexity index is 3380. The molecule has 0 amide bonds. The third-order valence-corrected chi connectivity index (χ3v) is 10.4. The summed E-state index contributed by atoms with van der Waals surface area (Å²) in [6.45, 7) is 0. The number of para-hydroxylation sites is 4. The second-order valence-electron chi connectivity index (χ2n) is 13.3. The standard InChI is InChI=1S/C46H25N3O3/c1-5-13-36-29(9-1)30-10-2-6-14-37(30)49(36)28-19-20-32-35-24-27(18-22-41(35)51-42(32)25-28)46-47-43(45-44(48-46)33-12-4-8-16-39(33)52-45)26-17-21-40-34(23-26)31-11-3-7-15-38(31)50-40/h1-25H. The van der Waals surface area contributed by atoms with Gasteiger partial charge in [0, 0.05) is 60.6 Å². The van der Waals surface area contributed by atoms with E-state index in [0.717, 1.165) is 93.9 Å². The molecule has 0 N–H and O–H groups in total. The fourth-order valence-electron chi connectivity index (χ4n) is 8.03. The molecule has 0 radical (unpaired) electrons. The molecule has 0 aliphatic rings. The zero-order valence-corrected chi connectivity index (χ0v) is 27.5. The van der Waals surface area contributed by atoms with E-state index in [1.54, 1.807) is 0 Å². The van der Waals surface area contributed by atoms with E-state index in [2.05, 4.69) is 95.6 Å². The molecule has 0 saturated carbocycles. The molecule has 12 rings (SSSR count). The van der Waals surface area contributed by atoms with Gasteiger partial charge in [-0.3, -0.25) is 0 Å². The average Bonchev–Trinajstić information content (AvgIpc) is 3.95. The molecule has 6 nitrogen and oxygen atoms in total. The summed E-state index contributed by atoms with van der Waals surface area (Å²) in [5.74, 6) is 0.615. The second-order valence-corrected chi connectivity index (χ2v) is 13.3. The normalized spacial score (nSPS) is 12.2. The van der Waals surface area contributed by atoms with Gasteiger partial charge in [0.2, 0.25) is 0 Å². The van der Waals surface area contributed by atoms with Crippen LogP contribution in [0.1, 0.15) is 0 Å². The first-order valence-electron chi connectivity index (χ1n) is 17.3. The fourth-order valence-corrected chi connectivity index (χ4v) is 8.03. The molecule has 5 aromatic heterocycles. The van der Waals surface area contributed by atoms with E-state index in [1.165, 1.54) is 10.8 Å². The summed E-state index contributed by atoms with van der Waals surface area (Å²) in [6, 6.07) is 52.1. The zero-order chi connectivity index (χ0) is 33.9. The number of nitrogens with zero attached hydrogens (tertiary/aromatic N) is 3. The molecule has 0 aliphatic carbocycles. The van der Waals surface area contributed by atoms with Crippen LogP contribution in [0.5, 0.6) is 0 Å². The van der Waals surface area contributed by atoms with E-state index in [4.69, 9.17) is 23.2 Å². The van der Waals surface area contributed by atoms with E-state index in [1.807, 2.05) is 60.7 Å². The van der Waals surface area contributed by atoms with E-state index in [9.17, 15) is 0 Å². The topological polar surface area (TPSA) is 70.1 Å². The van der Waals surface area contributed by atoms with Gasteiger partial charge in [-0.1, -0.05) is 66.7 Å². The monoisotopic (exact) mass is 667 g/mol. The lowest BCUT2D eigenvalue weighted by atomic mass is 10.0. The number of fused-ring (bicyclic) bond motifs is 12. The van der Waals surface area contributed by atoms with E-state index >= 15 is 0 Å². The minimum Gasteiger partial charge on any atom is -0.456 e. The van der Waals surface area contributed by atoms with Crippen LogP contribution in [-0.4, -0.2) is 14.5 Å². The van der Waals surface area contributed by atoms with Gasteiger partial charge in [-0.25, -0.2) is 9.97 Å². The van der Waals surface area contributed by atoms with Crippen molar-refractivity contribution in [3.05, 3.63) is 152 Å². The maximum Gasteiger partial charge on any atom is 0.180 e. The zero-order valence-electron chi connectivity index (χ0n) is 27.5. The summed E-state index contributed by atoms with van der Waals surface area (Å²) in [4.78, 5) is 10.4. The lowest BCUT2D eigenvalue weighted by molar-refractivity contribution is 0.666. The first-order chi connectivity index (χ1) is 25.7.